The molecule has 2 amide bonds. The average Bonchev–Trinajstić information content (AvgIpc) is 2.84. The van der Waals surface area contributed by atoms with Gasteiger partial charge >= 0.3 is 0 Å². The van der Waals surface area contributed by atoms with Gasteiger partial charge in [0.1, 0.15) is 11.4 Å². The minimum Gasteiger partial charge on any atom is -0.495 e. The Bertz CT molecular complexity index is 677. The van der Waals surface area contributed by atoms with Gasteiger partial charge in [0.2, 0.25) is 5.91 Å². The van der Waals surface area contributed by atoms with E-state index in [4.69, 9.17) is 4.74 Å². The molecule has 0 saturated carbocycles. The lowest BCUT2D eigenvalue weighted by Gasteiger charge is -2.12. The van der Waals surface area contributed by atoms with Gasteiger partial charge in [-0.05, 0) is 30.3 Å². The molecule has 6 nitrogen and oxygen atoms in total. The topological polar surface area (TPSA) is 72.4 Å². The summed E-state index contributed by atoms with van der Waals surface area (Å²) in [6, 6.07) is 8.56. The molecule has 0 saturated heterocycles. The molecule has 2 N–H and O–H groups in total. The second-order valence-corrected chi connectivity index (χ2v) is 4.55. The van der Waals surface area contributed by atoms with Crippen LogP contribution in [0.1, 0.15) is 17.4 Å². The first-order chi connectivity index (χ1) is 10.0. The highest BCUT2D eigenvalue weighted by Gasteiger charge is 2.13. The second-order valence-electron chi connectivity index (χ2n) is 4.55. The number of aryl methyl sites for hydroxylation is 1. The van der Waals surface area contributed by atoms with Crippen molar-refractivity contribution >= 4 is 23.2 Å². The third kappa shape index (κ3) is 3.42. The summed E-state index contributed by atoms with van der Waals surface area (Å²) in [5.74, 6) is 0.0901. The zero-order valence-corrected chi connectivity index (χ0v) is 12.1. The molecule has 2 rings (SSSR count). The molecule has 0 spiro atoms. The smallest absolute Gasteiger partial charge is 0.272 e. The Morgan fingerprint density at radius 3 is 2.52 bits per heavy atom. The molecule has 1 aromatic heterocycles. The van der Waals surface area contributed by atoms with Crippen LogP contribution in [-0.4, -0.2) is 23.5 Å². The van der Waals surface area contributed by atoms with E-state index in [0.717, 1.165) is 0 Å². The summed E-state index contributed by atoms with van der Waals surface area (Å²) in [5.41, 5.74) is 1.61. The minimum absolute atomic E-state index is 0.181. The van der Waals surface area contributed by atoms with Gasteiger partial charge in [0.15, 0.2) is 0 Å². The van der Waals surface area contributed by atoms with Gasteiger partial charge in [-0.3, -0.25) is 9.59 Å². The molecule has 0 aliphatic carbocycles. The zero-order valence-electron chi connectivity index (χ0n) is 12.1. The van der Waals surface area contributed by atoms with E-state index in [1.165, 1.54) is 14.0 Å². The number of hydrogen-bond donors (Lipinski definition) is 2. The maximum Gasteiger partial charge on any atom is 0.272 e. The van der Waals surface area contributed by atoms with Crippen molar-refractivity contribution < 1.29 is 14.3 Å². The summed E-state index contributed by atoms with van der Waals surface area (Å²) in [6.07, 6.45) is 1.79. The van der Waals surface area contributed by atoms with Crippen molar-refractivity contribution in [3.63, 3.8) is 0 Å². The summed E-state index contributed by atoms with van der Waals surface area (Å²) < 4.78 is 6.94. The van der Waals surface area contributed by atoms with Crippen molar-refractivity contribution in [2.45, 2.75) is 6.92 Å². The summed E-state index contributed by atoms with van der Waals surface area (Å²) in [7, 11) is 3.31. The lowest BCUT2D eigenvalue weighted by molar-refractivity contribution is -0.114. The number of amides is 2. The van der Waals surface area contributed by atoms with E-state index in [9.17, 15) is 9.59 Å². The van der Waals surface area contributed by atoms with Crippen molar-refractivity contribution in [1.82, 2.24) is 4.57 Å². The summed E-state index contributed by atoms with van der Waals surface area (Å²) in [6.45, 7) is 1.42. The number of hydrogen-bond acceptors (Lipinski definition) is 3. The van der Waals surface area contributed by atoms with Crippen LogP contribution in [0.3, 0.4) is 0 Å². The number of methoxy groups -OCH3 is 1. The largest absolute Gasteiger partial charge is 0.495 e. The van der Waals surface area contributed by atoms with Crippen molar-refractivity contribution in [2.24, 2.45) is 7.05 Å². The van der Waals surface area contributed by atoms with Crippen LogP contribution in [0, 0.1) is 0 Å². The van der Waals surface area contributed by atoms with Gasteiger partial charge in [0, 0.05) is 25.9 Å². The molecule has 0 fully saturated rings. The average molecular weight is 287 g/mol. The van der Waals surface area contributed by atoms with Crippen LogP contribution < -0.4 is 15.4 Å². The van der Waals surface area contributed by atoms with Gasteiger partial charge in [0.25, 0.3) is 5.91 Å². The molecule has 6 heteroatoms. The summed E-state index contributed by atoms with van der Waals surface area (Å²) >= 11 is 0. The molecular formula is C15H17N3O3. The van der Waals surface area contributed by atoms with E-state index in [-0.39, 0.29) is 11.8 Å². The second kappa shape index (κ2) is 6.13. The van der Waals surface area contributed by atoms with E-state index in [1.807, 2.05) is 0 Å². The molecule has 0 atom stereocenters. The normalized spacial score (nSPS) is 10.0. The van der Waals surface area contributed by atoms with Gasteiger partial charge in [-0.2, -0.15) is 0 Å². The maximum absolute atomic E-state index is 12.2. The zero-order chi connectivity index (χ0) is 15.4. The van der Waals surface area contributed by atoms with Crippen molar-refractivity contribution in [1.29, 1.82) is 0 Å². The first-order valence-electron chi connectivity index (χ1n) is 6.39. The minimum atomic E-state index is -0.249. The number of carbonyl (C=O) groups is 2. The fraction of sp³-hybridized carbons (Fsp3) is 0.200. The lowest BCUT2D eigenvalue weighted by Crippen LogP contribution is -2.16. The number of nitrogens with one attached hydrogen (secondary N) is 2. The van der Waals surface area contributed by atoms with Gasteiger partial charge < -0.3 is 19.9 Å². The van der Waals surface area contributed by atoms with Crippen molar-refractivity contribution in [3.8, 4) is 5.75 Å². The predicted molar refractivity (Wildman–Crippen MR) is 80.7 cm³/mol. The molecular weight excluding hydrogens is 270 g/mol. The number of ether oxygens (including phenoxy) is 1. The van der Waals surface area contributed by atoms with E-state index >= 15 is 0 Å². The van der Waals surface area contributed by atoms with E-state index in [0.29, 0.717) is 22.8 Å². The molecule has 0 unspecified atom stereocenters. The van der Waals surface area contributed by atoms with Crippen LogP contribution in [0.4, 0.5) is 11.4 Å². The Morgan fingerprint density at radius 1 is 1.19 bits per heavy atom. The fourth-order valence-corrected chi connectivity index (χ4v) is 1.97. The summed E-state index contributed by atoms with van der Waals surface area (Å²) in [4.78, 5) is 23.3. The number of nitrogens with zero attached hydrogens (tertiary/aromatic N) is 1. The Morgan fingerprint density at radius 2 is 1.95 bits per heavy atom. The van der Waals surface area contributed by atoms with E-state index in [1.54, 1.807) is 48.1 Å². The molecule has 21 heavy (non-hydrogen) atoms. The van der Waals surface area contributed by atoms with Crippen LogP contribution in [0.15, 0.2) is 36.5 Å². The summed E-state index contributed by atoms with van der Waals surface area (Å²) in [5, 5.41) is 5.45. The molecule has 2 aromatic rings. The highest BCUT2D eigenvalue weighted by molar-refractivity contribution is 6.04. The first kappa shape index (κ1) is 14.6. The van der Waals surface area contributed by atoms with Gasteiger partial charge in [-0.15, -0.1) is 0 Å². The molecule has 110 valence electrons. The van der Waals surface area contributed by atoms with Crippen LogP contribution >= 0.6 is 0 Å². The maximum atomic E-state index is 12.2. The van der Waals surface area contributed by atoms with Crippen molar-refractivity contribution in [2.75, 3.05) is 17.7 Å². The van der Waals surface area contributed by atoms with Crippen LogP contribution in [0.2, 0.25) is 0 Å². The number of carbonyl (C=O) groups excluding carboxylic acids is 2. The first-order valence-corrected chi connectivity index (χ1v) is 6.39. The Balaban J connectivity index is 2.27. The van der Waals surface area contributed by atoms with Crippen LogP contribution in [-0.2, 0) is 11.8 Å². The standard InChI is InChI=1S/C15H17N3O3/c1-10(19)16-11-6-7-14(21-3)12(9-11)17-15(20)13-5-4-8-18(13)2/h4-9H,1-3H3,(H,16,19)(H,17,20). The van der Waals surface area contributed by atoms with Gasteiger partial charge in [0.05, 0.1) is 12.8 Å². The fourth-order valence-electron chi connectivity index (χ4n) is 1.97. The van der Waals surface area contributed by atoms with E-state index < -0.39 is 0 Å². The number of rotatable bonds is 4. The number of aromatic nitrogens is 1. The number of anilines is 2. The van der Waals surface area contributed by atoms with E-state index in [2.05, 4.69) is 10.6 Å². The molecule has 0 aliphatic heterocycles. The molecule has 1 heterocycles. The van der Waals surface area contributed by atoms with Crippen LogP contribution in [0.25, 0.3) is 0 Å². The van der Waals surface area contributed by atoms with Crippen LogP contribution in [0.5, 0.6) is 5.75 Å². The monoisotopic (exact) mass is 287 g/mol. The van der Waals surface area contributed by atoms with Crippen molar-refractivity contribution in [3.05, 3.63) is 42.2 Å². The highest BCUT2D eigenvalue weighted by atomic mass is 16.5. The van der Waals surface area contributed by atoms with Gasteiger partial charge in [-0.1, -0.05) is 0 Å². The molecule has 0 radical (unpaired) electrons. The Labute approximate surface area is 122 Å². The molecule has 1 aromatic carbocycles. The highest BCUT2D eigenvalue weighted by Crippen LogP contribution is 2.28. The third-order valence-electron chi connectivity index (χ3n) is 2.94. The SMILES string of the molecule is COc1ccc(NC(C)=O)cc1NC(=O)c1cccn1C. The predicted octanol–water partition coefficient (Wildman–Crippen LogP) is 2.24. The quantitative estimate of drug-likeness (QED) is 0.906. The molecule has 0 bridgehead atoms. The molecule has 0 aliphatic rings. The Hall–Kier alpha value is -2.76. The van der Waals surface area contributed by atoms with Gasteiger partial charge in [-0.25, -0.2) is 0 Å². The number of benzene rings is 1. The Kier molecular flexibility index (Phi) is 4.27. The lowest BCUT2D eigenvalue weighted by atomic mass is 10.2. The third-order valence-corrected chi connectivity index (χ3v) is 2.94.